The molecule has 0 saturated carbocycles. The normalized spacial score (nSPS) is 11.1. The maximum atomic E-state index is 11.5. The molecule has 0 unspecified atom stereocenters. The Labute approximate surface area is 112 Å². The molecule has 0 aliphatic carbocycles. The number of benzene rings is 1. The maximum absolute atomic E-state index is 11.5. The first kappa shape index (κ1) is 14.8. The van der Waals surface area contributed by atoms with Gasteiger partial charge in [-0.2, -0.15) is 0 Å². The lowest BCUT2D eigenvalue weighted by atomic mass is 9.95. The number of aliphatic hydroxyl groups excluding tert-OH is 1. The van der Waals surface area contributed by atoms with Gasteiger partial charge >= 0.3 is 0 Å². The standard InChI is InChI=1S/C13H18ClNO3/c1-13(2,9-16)8-15-12(17)7-18-11-5-3-10(14)4-6-11/h3-6,16H,7-9H2,1-2H3,(H,15,17). The smallest absolute Gasteiger partial charge is 0.257 e. The van der Waals surface area contributed by atoms with Gasteiger partial charge in [-0.3, -0.25) is 4.79 Å². The molecule has 0 atom stereocenters. The molecule has 1 aromatic carbocycles. The van der Waals surface area contributed by atoms with Gasteiger partial charge in [0.25, 0.3) is 5.91 Å². The van der Waals surface area contributed by atoms with Crippen LogP contribution in [-0.4, -0.2) is 30.8 Å². The average Bonchev–Trinajstić information content (AvgIpc) is 2.36. The van der Waals surface area contributed by atoms with Gasteiger partial charge in [-0.1, -0.05) is 25.4 Å². The molecule has 4 nitrogen and oxygen atoms in total. The van der Waals surface area contributed by atoms with Crippen LogP contribution in [0, 0.1) is 5.41 Å². The Morgan fingerprint density at radius 1 is 1.39 bits per heavy atom. The Morgan fingerprint density at radius 2 is 2.00 bits per heavy atom. The third-order valence-corrected chi connectivity index (χ3v) is 2.63. The number of aliphatic hydroxyl groups is 1. The number of halogens is 1. The van der Waals surface area contributed by atoms with Crippen molar-refractivity contribution < 1.29 is 14.6 Å². The molecular weight excluding hydrogens is 254 g/mol. The molecule has 1 rings (SSSR count). The van der Waals surface area contributed by atoms with Crippen LogP contribution in [0.1, 0.15) is 13.8 Å². The van der Waals surface area contributed by atoms with Crippen LogP contribution in [0.15, 0.2) is 24.3 Å². The SMILES string of the molecule is CC(C)(CO)CNC(=O)COc1ccc(Cl)cc1. The van der Waals surface area contributed by atoms with Gasteiger partial charge in [0.2, 0.25) is 0 Å². The van der Waals surface area contributed by atoms with Crippen LogP contribution in [0.2, 0.25) is 5.02 Å². The lowest BCUT2D eigenvalue weighted by molar-refractivity contribution is -0.123. The molecule has 18 heavy (non-hydrogen) atoms. The molecule has 2 N–H and O–H groups in total. The summed E-state index contributed by atoms with van der Waals surface area (Å²) in [5.41, 5.74) is -0.323. The van der Waals surface area contributed by atoms with E-state index in [1.54, 1.807) is 24.3 Å². The van der Waals surface area contributed by atoms with E-state index in [2.05, 4.69) is 5.32 Å². The molecule has 0 saturated heterocycles. The number of nitrogens with one attached hydrogen (secondary N) is 1. The zero-order valence-electron chi connectivity index (χ0n) is 10.6. The van der Waals surface area contributed by atoms with Crippen LogP contribution < -0.4 is 10.1 Å². The summed E-state index contributed by atoms with van der Waals surface area (Å²) < 4.78 is 5.29. The molecule has 0 spiro atoms. The van der Waals surface area contributed by atoms with E-state index in [0.717, 1.165) is 0 Å². The van der Waals surface area contributed by atoms with Gasteiger partial charge in [-0.25, -0.2) is 0 Å². The lowest BCUT2D eigenvalue weighted by Crippen LogP contribution is -2.38. The Hall–Kier alpha value is -1.26. The van der Waals surface area contributed by atoms with Crippen LogP contribution >= 0.6 is 11.6 Å². The van der Waals surface area contributed by atoms with Gasteiger partial charge in [-0.15, -0.1) is 0 Å². The Balaban J connectivity index is 2.31. The number of carbonyl (C=O) groups excluding carboxylic acids is 1. The molecule has 100 valence electrons. The highest BCUT2D eigenvalue weighted by atomic mass is 35.5. The predicted molar refractivity (Wildman–Crippen MR) is 70.8 cm³/mol. The largest absolute Gasteiger partial charge is 0.484 e. The first-order chi connectivity index (χ1) is 8.43. The molecule has 0 radical (unpaired) electrons. The summed E-state index contributed by atoms with van der Waals surface area (Å²) in [6.45, 7) is 4.11. The molecule has 0 aliphatic rings. The average molecular weight is 272 g/mol. The van der Waals surface area contributed by atoms with Crippen molar-refractivity contribution in [1.29, 1.82) is 0 Å². The molecule has 0 aromatic heterocycles. The molecule has 0 fully saturated rings. The minimum absolute atomic E-state index is 0.0192. The lowest BCUT2D eigenvalue weighted by Gasteiger charge is -2.21. The second-order valence-electron chi connectivity index (χ2n) is 4.84. The monoisotopic (exact) mass is 271 g/mol. The minimum atomic E-state index is -0.323. The fraction of sp³-hybridized carbons (Fsp3) is 0.462. The molecule has 1 aromatic rings. The molecule has 5 heteroatoms. The summed E-state index contributed by atoms with van der Waals surface area (Å²) in [7, 11) is 0. The van der Waals surface area contributed by atoms with Crippen molar-refractivity contribution in [2.75, 3.05) is 19.8 Å². The van der Waals surface area contributed by atoms with Crippen LogP contribution in [-0.2, 0) is 4.79 Å². The van der Waals surface area contributed by atoms with Crippen LogP contribution in [0.25, 0.3) is 0 Å². The van der Waals surface area contributed by atoms with Gasteiger partial charge in [-0.05, 0) is 24.3 Å². The molecule has 0 heterocycles. The second-order valence-corrected chi connectivity index (χ2v) is 5.28. The zero-order valence-corrected chi connectivity index (χ0v) is 11.3. The van der Waals surface area contributed by atoms with Crippen molar-refractivity contribution in [3.05, 3.63) is 29.3 Å². The Morgan fingerprint density at radius 3 is 2.56 bits per heavy atom. The summed E-state index contributed by atoms with van der Waals surface area (Å²) in [6.07, 6.45) is 0. The van der Waals surface area contributed by atoms with Gasteiger partial charge in [0, 0.05) is 23.6 Å². The highest BCUT2D eigenvalue weighted by molar-refractivity contribution is 6.30. The van der Waals surface area contributed by atoms with Crippen molar-refractivity contribution in [3.8, 4) is 5.75 Å². The van der Waals surface area contributed by atoms with Crippen molar-refractivity contribution in [3.63, 3.8) is 0 Å². The van der Waals surface area contributed by atoms with Crippen LogP contribution in [0.4, 0.5) is 0 Å². The van der Waals surface area contributed by atoms with E-state index in [4.69, 9.17) is 21.4 Å². The number of hydrogen-bond donors (Lipinski definition) is 2. The second kappa shape index (κ2) is 6.61. The number of rotatable bonds is 6. The molecule has 0 bridgehead atoms. The third kappa shape index (κ3) is 5.38. The highest BCUT2D eigenvalue weighted by Gasteiger charge is 2.17. The molecule has 0 aliphatic heterocycles. The fourth-order valence-electron chi connectivity index (χ4n) is 1.12. The minimum Gasteiger partial charge on any atom is -0.484 e. The Bertz CT molecular complexity index is 390. The summed E-state index contributed by atoms with van der Waals surface area (Å²) in [4.78, 5) is 11.5. The van der Waals surface area contributed by atoms with Crippen molar-refractivity contribution in [2.45, 2.75) is 13.8 Å². The van der Waals surface area contributed by atoms with Gasteiger partial charge in [0.05, 0.1) is 0 Å². The van der Waals surface area contributed by atoms with E-state index in [1.807, 2.05) is 13.8 Å². The maximum Gasteiger partial charge on any atom is 0.257 e. The number of hydrogen-bond acceptors (Lipinski definition) is 3. The van der Waals surface area contributed by atoms with Gasteiger partial charge in [0.15, 0.2) is 6.61 Å². The Kier molecular flexibility index (Phi) is 5.44. The van der Waals surface area contributed by atoms with Crippen LogP contribution in [0.5, 0.6) is 5.75 Å². The van der Waals surface area contributed by atoms with E-state index in [1.165, 1.54) is 0 Å². The van der Waals surface area contributed by atoms with E-state index in [-0.39, 0.29) is 24.5 Å². The van der Waals surface area contributed by atoms with E-state index in [9.17, 15) is 4.79 Å². The summed E-state index contributed by atoms with van der Waals surface area (Å²) in [5, 5.41) is 12.4. The van der Waals surface area contributed by atoms with E-state index in [0.29, 0.717) is 17.3 Å². The summed E-state index contributed by atoms with van der Waals surface area (Å²) in [6, 6.07) is 6.80. The first-order valence-electron chi connectivity index (χ1n) is 5.69. The zero-order chi connectivity index (χ0) is 13.6. The van der Waals surface area contributed by atoms with Gasteiger partial charge < -0.3 is 15.2 Å². The predicted octanol–water partition coefficient (Wildman–Crippen LogP) is 1.85. The van der Waals surface area contributed by atoms with Crippen molar-refractivity contribution >= 4 is 17.5 Å². The number of amides is 1. The summed E-state index contributed by atoms with van der Waals surface area (Å²) >= 11 is 5.73. The molecule has 1 amide bonds. The van der Waals surface area contributed by atoms with E-state index >= 15 is 0 Å². The fourth-order valence-corrected chi connectivity index (χ4v) is 1.25. The molecular formula is C13H18ClNO3. The number of carbonyl (C=O) groups is 1. The first-order valence-corrected chi connectivity index (χ1v) is 6.07. The van der Waals surface area contributed by atoms with Crippen molar-refractivity contribution in [1.82, 2.24) is 5.32 Å². The topological polar surface area (TPSA) is 58.6 Å². The summed E-state index contributed by atoms with van der Waals surface area (Å²) in [5.74, 6) is 0.377. The van der Waals surface area contributed by atoms with Gasteiger partial charge in [0.1, 0.15) is 5.75 Å². The van der Waals surface area contributed by atoms with Crippen LogP contribution in [0.3, 0.4) is 0 Å². The number of ether oxygens (including phenoxy) is 1. The van der Waals surface area contributed by atoms with E-state index < -0.39 is 0 Å². The van der Waals surface area contributed by atoms with Crippen molar-refractivity contribution in [2.24, 2.45) is 5.41 Å². The highest BCUT2D eigenvalue weighted by Crippen LogP contribution is 2.15. The third-order valence-electron chi connectivity index (χ3n) is 2.38. The quantitative estimate of drug-likeness (QED) is 0.830.